The lowest BCUT2D eigenvalue weighted by atomic mass is 9.80. The lowest BCUT2D eigenvalue weighted by Gasteiger charge is -2.35. The van der Waals surface area contributed by atoms with Gasteiger partial charge >= 0.3 is 0 Å². The molecule has 0 aromatic carbocycles. The van der Waals surface area contributed by atoms with E-state index in [0.717, 1.165) is 0 Å². The number of halogens is 1. The van der Waals surface area contributed by atoms with Gasteiger partial charge in [0.25, 0.3) is 0 Å². The highest BCUT2D eigenvalue weighted by atomic mass is 35.5. The fourth-order valence-electron chi connectivity index (χ4n) is 4.38. The summed E-state index contributed by atoms with van der Waals surface area (Å²) >= 11 is 6.02. The van der Waals surface area contributed by atoms with Crippen molar-refractivity contribution < 1.29 is 14.0 Å². The predicted molar refractivity (Wildman–Crippen MR) is 97.4 cm³/mol. The van der Waals surface area contributed by atoms with Crippen molar-refractivity contribution in [1.82, 2.24) is 19.5 Å². The van der Waals surface area contributed by atoms with E-state index in [0.29, 0.717) is 17.3 Å². The van der Waals surface area contributed by atoms with Crippen LogP contribution in [0.5, 0.6) is 0 Å². The zero-order chi connectivity index (χ0) is 18.9. The number of fused-ring (bicyclic) bond motifs is 2. The summed E-state index contributed by atoms with van der Waals surface area (Å²) in [6.07, 6.45) is 1.76. The molecule has 1 saturated heterocycles. The summed E-state index contributed by atoms with van der Waals surface area (Å²) in [5.41, 5.74) is 6.69. The summed E-state index contributed by atoms with van der Waals surface area (Å²) in [6.45, 7) is 8.00. The second kappa shape index (κ2) is 5.83. The van der Waals surface area contributed by atoms with Crippen molar-refractivity contribution in [2.24, 2.45) is 11.3 Å². The van der Waals surface area contributed by atoms with Gasteiger partial charge in [-0.25, -0.2) is 4.98 Å². The van der Waals surface area contributed by atoms with Crippen LogP contribution in [-0.2, 0) is 14.0 Å². The third kappa shape index (κ3) is 2.47. The summed E-state index contributed by atoms with van der Waals surface area (Å²) in [7, 11) is 0.0867. The van der Waals surface area contributed by atoms with Gasteiger partial charge in [0.1, 0.15) is 11.6 Å². The van der Waals surface area contributed by atoms with Crippen molar-refractivity contribution in [2.45, 2.75) is 51.7 Å². The Morgan fingerprint density at radius 2 is 2.08 bits per heavy atom. The smallest absolute Gasteiger partial charge is 0.226 e. The van der Waals surface area contributed by atoms with Crippen LogP contribution >= 0.6 is 20.1 Å². The van der Waals surface area contributed by atoms with Crippen molar-refractivity contribution in [3.63, 3.8) is 0 Å². The Hall–Kier alpha value is -1.34. The average Bonchev–Trinajstić information content (AvgIpc) is 3.14. The number of anilines is 1. The minimum Gasteiger partial charge on any atom is -0.382 e. The number of rotatable bonds is 3. The molecule has 10 heteroatoms. The first-order chi connectivity index (χ1) is 12.2. The summed E-state index contributed by atoms with van der Waals surface area (Å²) in [6, 6.07) is -0.108. The standard InChI is InChI=1S/C16H21ClN5O3P/c1-7-9(22-6-19-8-12(18)20-14(17)21-13(8)22)10-11(16(7,4)5-26-23)25-15(2,3)24-10/h6-7,9-11H,5H2,1-4H3,(H2,18,20,21)/t7-,9-,10-,11?,16+/m1/s1. The minimum absolute atomic E-state index is 0.0729. The maximum Gasteiger partial charge on any atom is 0.226 e. The highest BCUT2D eigenvalue weighted by molar-refractivity contribution is 7.23. The van der Waals surface area contributed by atoms with Crippen LogP contribution in [-0.4, -0.2) is 43.7 Å². The van der Waals surface area contributed by atoms with E-state index in [2.05, 4.69) is 28.8 Å². The number of nitrogens with zero attached hydrogens (tertiary/aromatic N) is 4. The molecule has 3 heterocycles. The van der Waals surface area contributed by atoms with Gasteiger partial charge in [0.15, 0.2) is 25.7 Å². The monoisotopic (exact) mass is 397 g/mol. The number of ether oxygens (including phenoxy) is 2. The topological polar surface area (TPSA) is 105 Å². The second-order valence-electron chi connectivity index (χ2n) is 7.79. The average molecular weight is 398 g/mol. The molecule has 2 aromatic heterocycles. The van der Waals surface area contributed by atoms with Gasteiger partial charge in [-0.15, -0.1) is 0 Å². The van der Waals surface area contributed by atoms with Gasteiger partial charge < -0.3 is 19.8 Å². The Kier molecular flexibility index (Phi) is 4.04. The van der Waals surface area contributed by atoms with Gasteiger partial charge in [-0.3, -0.25) is 4.57 Å². The molecule has 2 aliphatic rings. The lowest BCUT2D eigenvalue weighted by Crippen LogP contribution is -2.38. The molecule has 1 aliphatic heterocycles. The number of nitrogen functional groups attached to an aromatic ring is 1. The molecule has 140 valence electrons. The molecule has 5 atom stereocenters. The maximum absolute atomic E-state index is 11.5. The summed E-state index contributed by atoms with van der Waals surface area (Å²) < 4.78 is 25.9. The third-order valence-corrected chi connectivity index (χ3v) is 6.80. The number of nitrogens with two attached hydrogens (primary N) is 1. The van der Waals surface area contributed by atoms with Gasteiger partial charge in [0, 0.05) is 11.6 Å². The Morgan fingerprint density at radius 3 is 2.77 bits per heavy atom. The molecule has 8 nitrogen and oxygen atoms in total. The molecular formula is C16H21ClN5O3P. The maximum atomic E-state index is 11.5. The normalized spacial score (nSPS) is 36.0. The van der Waals surface area contributed by atoms with E-state index in [1.807, 2.05) is 18.4 Å². The molecule has 0 radical (unpaired) electrons. The van der Waals surface area contributed by atoms with Crippen LogP contribution in [0.25, 0.3) is 11.2 Å². The van der Waals surface area contributed by atoms with Gasteiger partial charge in [0.05, 0.1) is 18.5 Å². The molecule has 2 N–H and O–H groups in total. The molecule has 1 unspecified atom stereocenters. The zero-order valence-corrected chi connectivity index (χ0v) is 16.7. The third-order valence-electron chi connectivity index (χ3n) is 5.82. The van der Waals surface area contributed by atoms with E-state index in [1.165, 1.54) is 0 Å². The Balaban J connectivity index is 1.87. The Bertz CT molecular complexity index is 890. The molecule has 0 spiro atoms. The van der Waals surface area contributed by atoms with Crippen molar-refractivity contribution in [2.75, 3.05) is 11.9 Å². The Labute approximate surface area is 157 Å². The minimum atomic E-state index is -0.712. The fraction of sp³-hybridized carbons (Fsp3) is 0.688. The second-order valence-corrected chi connectivity index (χ2v) is 8.71. The van der Waals surface area contributed by atoms with Crippen LogP contribution in [0, 0.1) is 11.3 Å². The van der Waals surface area contributed by atoms with Crippen LogP contribution in [0.3, 0.4) is 0 Å². The summed E-state index contributed by atoms with van der Waals surface area (Å²) in [5, 5.41) is 0.0729. The molecule has 4 rings (SSSR count). The SMILES string of the molecule is C[C@@H]1[C@@H](n2cnc3c(N)nc(Cl)nc32)[C@H]2OC(C)(C)OC2[C@@]1(C)CP=O. The molecule has 0 bridgehead atoms. The van der Waals surface area contributed by atoms with Crippen LogP contribution in [0.4, 0.5) is 5.82 Å². The van der Waals surface area contributed by atoms with Crippen molar-refractivity contribution in [3.8, 4) is 0 Å². The summed E-state index contributed by atoms with van der Waals surface area (Å²) in [4.78, 5) is 12.7. The first-order valence-corrected chi connectivity index (χ1v) is 9.86. The van der Waals surface area contributed by atoms with Crippen LogP contribution in [0.15, 0.2) is 6.33 Å². The van der Waals surface area contributed by atoms with Crippen molar-refractivity contribution in [3.05, 3.63) is 11.6 Å². The molecule has 0 amide bonds. The van der Waals surface area contributed by atoms with Gasteiger partial charge in [-0.2, -0.15) is 9.97 Å². The van der Waals surface area contributed by atoms with E-state index in [1.54, 1.807) is 6.33 Å². The van der Waals surface area contributed by atoms with Gasteiger partial charge in [0.2, 0.25) is 5.28 Å². The zero-order valence-electron chi connectivity index (χ0n) is 15.0. The first-order valence-electron chi connectivity index (χ1n) is 8.48. The molecule has 26 heavy (non-hydrogen) atoms. The highest BCUT2D eigenvalue weighted by Gasteiger charge is 2.63. The number of hydrogen-bond acceptors (Lipinski definition) is 7. The molecule has 2 fully saturated rings. The fourth-order valence-corrected chi connectivity index (χ4v) is 5.30. The van der Waals surface area contributed by atoms with E-state index in [4.69, 9.17) is 26.8 Å². The summed E-state index contributed by atoms with van der Waals surface area (Å²) in [5.74, 6) is -0.371. The number of aromatic nitrogens is 4. The Morgan fingerprint density at radius 1 is 1.35 bits per heavy atom. The van der Waals surface area contributed by atoms with E-state index >= 15 is 0 Å². The molecule has 1 aliphatic carbocycles. The highest BCUT2D eigenvalue weighted by Crippen LogP contribution is 2.57. The largest absolute Gasteiger partial charge is 0.382 e. The quantitative estimate of drug-likeness (QED) is 0.626. The lowest BCUT2D eigenvalue weighted by molar-refractivity contribution is -0.172. The van der Waals surface area contributed by atoms with Crippen LogP contribution < -0.4 is 5.73 Å². The molecule has 2 aromatic rings. The van der Waals surface area contributed by atoms with Crippen molar-refractivity contribution >= 4 is 37.0 Å². The van der Waals surface area contributed by atoms with Crippen LogP contribution in [0.1, 0.15) is 33.7 Å². The van der Waals surface area contributed by atoms with E-state index in [9.17, 15) is 4.57 Å². The number of imidazole rings is 1. The van der Waals surface area contributed by atoms with Crippen LogP contribution in [0.2, 0.25) is 5.28 Å². The number of hydrogen-bond donors (Lipinski definition) is 1. The van der Waals surface area contributed by atoms with E-state index in [-0.39, 0.29) is 49.1 Å². The van der Waals surface area contributed by atoms with E-state index < -0.39 is 5.79 Å². The van der Waals surface area contributed by atoms with Crippen molar-refractivity contribution in [1.29, 1.82) is 0 Å². The van der Waals surface area contributed by atoms with Gasteiger partial charge in [-0.05, 0) is 31.4 Å². The predicted octanol–water partition coefficient (Wildman–Crippen LogP) is 3.07. The first kappa shape index (κ1) is 18.0. The van der Waals surface area contributed by atoms with Gasteiger partial charge in [-0.1, -0.05) is 13.8 Å². The molecule has 1 saturated carbocycles. The molecular weight excluding hydrogens is 377 g/mol.